The number of rotatable bonds is 7. The van der Waals surface area contributed by atoms with E-state index in [9.17, 15) is 4.79 Å². The number of carbonyl (C=O) groups excluding carboxylic acids is 1. The van der Waals surface area contributed by atoms with Crippen molar-refractivity contribution in [3.8, 4) is 5.75 Å². The number of likely N-dealkylation sites (N-methyl/N-ethyl adjacent to an activating group) is 1. The van der Waals surface area contributed by atoms with Crippen LogP contribution in [0.2, 0.25) is 10.0 Å². The van der Waals surface area contributed by atoms with Gasteiger partial charge in [0.1, 0.15) is 12.4 Å². The van der Waals surface area contributed by atoms with Crippen molar-refractivity contribution in [3.63, 3.8) is 0 Å². The van der Waals surface area contributed by atoms with Crippen LogP contribution in [0.25, 0.3) is 0 Å². The average molecular weight is 367 g/mol. The van der Waals surface area contributed by atoms with Crippen LogP contribution >= 0.6 is 23.2 Å². The van der Waals surface area contributed by atoms with E-state index in [0.29, 0.717) is 28.8 Å². The summed E-state index contributed by atoms with van der Waals surface area (Å²) in [6, 6.07) is 12.4. The van der Waals surface area contributed by atoms with Crippen LogP contribution in [0.3, 0.4) is 0 Å². The summed E-state index contributed by atoms with van der Waals surface area (Å²) in [5.41, 5.74) is 1.39. The maximum atomic E-state index is 12.2. The van der Waals surface area contributed by atoms with Crippen molar-refractivity contribution in [1.29, 1.82) is 0 Å². The smallest absolute Gasteiger partial charge is 0.253 e. The normalized spacial score (nSPS) is 10.7. The highest BCUT2D eigenvalue weighted by Crippen LogP contribution is 2.21. The monoisotopic (exact) mass is 366 g/mol. The summed E-state index contributed by atoms with van der Waals surface area (Å²) in [5.74, 6) is 0.579. The standard InChI is InChI=1S/C18H20Cl2N2O2/c1-22(2)9-10-24-15-6-3-13(4-7-15)12-21-18(23)16-8-5-14(19)11-17(16)20/h3-8,11H,9-10,12H2,1-2H3,(H,21,23). The Morgan fingerprint density at radius 1 is 1.12 bits per heavy atom. The Bertz CT molecular complexity index is 688. The number of amides is 1. The number of nitrogens with one attached hydrogen (secondary N) is 1. The molecule has 0 aromatic heterocycles. The van der Waals surface area contributed by atoms with E-state index in [1.807, 2.05) is 38.4 Å². The maximum Gasteiger partial charge on any atom is 0.253 e. The van der Waals surface area contributed by atoms with Crippen LogP contribution in [0.5, 0.6) is 5.75 Å². The van der Waals surface area contributed by atoms with E-state index in [1.165, 1.54) is 0 Å². The Morgan fingerprint density at radius 2 is 1.83 bits per heavy atom. The minimum absolute atomic E-state index is 0.233. The first-order valence-corrected chi connectivity index (χ1v) is 8.31. The summed E-state index contributed by atoms with van der Waals surface area (Å²) in [7, 11) is 4.00. The molecule has 0 aliphatic rings. The molecule has 0 unspecified atom stereocenters. The Morgan fingerprint density at radius 3 is 2.46 bits per heavy atom. The molecule has 128 valence electrons. The molecule has 6 heteroatoms. The summed E-state index contributed by atoms with van der Waals surface area (Å²) in [6.45, 7) is 1.91. The number of benzene rings is 2. The van der Waals surface area contributed by atoms with E-state index in [0.717, 1.165) is 17.9 Å². The van der Waals surface area contributed by atoms with E-state index in [1.54, 1.807) is 18.2 Å². The van der Waals surface area contributed by atoms with Gasteiger partial charge in [-0.3, -0.25) is 4.79 Å². The zero-order valence-corrected chi connectivity index (χ0v) is 15.2. The molecule has 0 fully saturated rings. The van der Waals surface area contributed by atoms with Crippen molar-refractivity contribution >= 4 is 29.1 Å². The lowest BCUT2D eigenvalue weighted by atomic mass is 10.2. The minimum atomic E-state index is -0.233. The van der Waals surface area contributed by atoms with Gasteiger partial charge in [-0.2, -0.15) is 0 Å². The van der Waals surface area contributed by atoms with Gasteiger partial charge >= 0.3 is 0 Å². The van der Waals surface area contributed by atoms with Crippen molar-refractivity contribution in [2.75, 3.05) is 27.2 Å². The fourth-order valence-electron chi connectivity index (χ4n) is 2.00. The summed E-state index contributed by atoms with van der Waals surface area (Å²) in [5, 5.41) is 3.68. The first-order valence-electron chi connectivity index (χ1n) is 7.55. The molecule has 1 amide bonds. The number of hydrogen-bond acceptors (Lipinski definition) is 3. The Labute approximate surface area is 152 Å². The van der Waals surface area contributed by atoms with Gasteiger partial charge in [-0.25, -0.2) is 0 Å². The van der Waals surface area contributed by atoms with Gasteiger partial charge in [-0.15, -0.1) is 0 Å². The van der Waals surface area contributed by atoms with Gasteiger partial charge in [0.25, 0.3) is 5.91 Å². The predicted molar refractivity (Wildman–Crippen MR) is 98.1 cm³/mol. The van der Waals surface area contributed by atoms with Crippen molar-refractivity contribution in [3.05, 3.63) is 63.6 Å². The quantitative estimate of drug-likeness (QED) is 0.808. The first kappa shape index (κ1) is 18.6. The van der Waals surface area contributed by atoms with E-state index in [4.69, 9.17) is 27.9 Å². The molecule has 0 radical (unpaired) electrons. The fraction of sp³-hybridized carbons (Fsp3) is 0.278. The summed E-state index contributed by atoms with van der Waals surface area (Å²) < 4.78 is 5.63. The molecule has 0 saturated heterocycles. The maximum absolute atomic E-state index is 12.2. The molecule has 0 heterocycles. The number of hydrogen-bond donors (Lipinski definition) is 1. The van der Waals surface area contributed by atoms with E-state index in [2.05, 4.69) is 10.2 Å². The topological polar surface area (TPSA) is 41.6 Å². The number of nitrogens with zero attached hydrogens (tertiary/aromatic N) is 1. The molecule has 2 aromatic carbocycles. The molecular formula is C18H20Cl2N2O2. The minimum Gasteiger partial charge on any atom is -0.492 e. The van der Waals surface area contributed by atoms with Crippen LogP contribution in [0.1, 0.15) is 15.9 Å². The van der Waals surface area contributed by atoms with Crippen LogP contribution in [0, 0.1) is 0 Å². The second-order valence-electron chi connectivity index (χ2n) is 5.60. The second-order valence-corrected chi connectivity index (χ2v) is 6.45. The zero-order chi connectivity index (χ0) is 17.5. The van der Waals surface area contributed by atoms with E-state index < -0.39 is 0 Å². The summed E-state index contributed by atoms with van der Waals surface area (Å²) >= 11 is 11.9. The highest BCUT2D eigenvalue weighted by Gasteiger charge is 2.10. The first-order chi connectivity index (χ1) is 11.5. The summed E-state index contributed by atoms with van der Waals surface area (Å²) in [6.07, 6.45) is 0. The van der Waals surface area contributed by atoms with Crippen LogP contribution in [-0.4, -0.2) is 38.1 Å². The number of halogens is 2. The molecule has 2 aromatic rings. The zero-order valence-electron chi connectivity index (χ0n) is 13.7. The molecule has 0 saturated carbocycles. The van der Waals surface area contributed by atoms with Crippen molar-refractivity contribution in [1.82, 2.24) is 10.2 Å². The number of carbonyl (C=O) groups is 1. The highest BCUT2D eigenvalue weighted by atomic mass is 35.5. The highest BCUT2D eigenvalue weighted by molar-refractivity contribution is 6.36. The average Bonchev–Trinajstić information content (AvgIpc) is 2.53. The molecule has 24 heavy (non-hydrogen) atoms. The predicted octanol–water partition coefficient (Wildman–Crippen LogP) is 3.86. The van der Waals surface area contributed by atoms with Gasteiger partial charge in [0.2, 0.25) is 0 Å². The third kappa shape index (κ3) is 5.71. The Kier molecular flexibility index (Phi) is 6.91. The van der Waals surface area contributed by atoms with Gasteiger partial charge in [0, 0.05) is 18.1 Å². The fourth-order valence-corrected chi connectivity index (χ4v) is 2.50. The lowest BCUT2D eigenvalue weighted by Gasteiger charge is -2.11. The van der Waals surface area contributed by atoms with Crippen LogP contribution in [0.4, 0.5) is 0 Å². The molecule has 0 atom stereocenters. The molecule has 0 aliphatic heterocycles. The van der Waals surface area contributed by atoms with Gasteiger partial charge < -0.3 is 15.0 Å². The largest absolute Gasteiger partial charge is 0.492 e. The third-order valence-corrected chi connectivity index (χ3v) is 3.91. The second kappa shape index (κ2) is 8.92. The third-order valence-electron chi connectivity index (χ3n) is 3.36. The van der Waals surface area contributed by atoms with Crippen LogP contribution in [-0.2, 0) is 6.54 Å². The molecule has 4 nitrogen and oxygen atoms in total. The SMILES string of the molecule is CN(C)CCOc1ccc(CNC(=O)c2ccc(Cl)cc2Cl)cc1. The van der Waals surface area contributed by atoms with Crippen LogP contribution < -0.4 is 10.1 Å². The lowest BCUT2D eigenvalue weighted by Crippen LogP contribution is -2.23. The lowest BCUT2D eigenvalue weighted by molar-refractivity contribution is 0.0951. The van der Waals surface area contributed by atoms with Crippen LogP contribution in [0.15, 0.2) is 42.5 Å². The van der Waals surface area contributed by atoms with Gasteiger partial charge in [0.05, 0.1) is 10.6 Å². The Balaban J connectivity index is 1.86. The van der Waals surface area contributed by atoms with E-state index >= 15 is 0 Å². The molecule has 0 spiro atoms. The van der Waals surface area contributed by atoms with Gasteiger partial charge in [-0.05, 0) is 50.0 Å². The van der Waals surface area contributed by atoms with Crippen molar-refractivity contribution < 1.29 is 9.53 Å². The Hall–Kier alpha value is -1.75. The van der Waals surface area contributed by atoms with Crippen molar-refractivity contribution in [2.24, 2.45) is 0 Å². The number of ether oxygens (including phenoxy) is 1. The molecule has 0 aliphatic carbocycles. The summed E-state index contributed by atoms with van der Waals surface area (Å²) in [4.78, 5) is 14.2. The molecule has 0 bridgehead atoms. The van der Waals surface area contributed by atoms with Gasteiger partial charge in [-0.1, -0.05) is 35.3 Å². The van der Waals surface area contributed by atoms with E-state index in [-0.39, 0.29) is 5.91 Å². The molecule has 1 N–H and O–H groups in total. The van der Waals surface area contributed by atoms with Gasteiger partial charge in [0.15, 0.2) is 0 Å². The molecule has 2 rings (SSSR count). The van der Waals surface area contributed by atoms with Crippen molar-refractivity contribution in [2.45, 2.75) is 6.54 Å². The molecular weight excluding hydrogens is 347 g/mol.